The number of imidazole rings is 1. The van der Waals surface area contributed by atoms with Gasteiger partial charge in [-0.05, 0) is 17.8 Å². The Morgan fingerprint density at radius 1 is 1.50 bits per heavy atom. The number of H-pyrrole nitrogens is 1. The Labute approximate surface area is 93.7 Å². The second kappa shape index (κ2) is 4.31. The van der Waals surface area contributed by atoms with Gasteiger partial charge in [0.15, 0.2) is 5.16 Å². The fourth-order valence-corrected chi connectivity index (χ4v) is 1.84. The van der Waals surface area contributed by atoms with Crippen LogP contribution in [0, 0.1) is 5.82 Å². The molecule has 2 rings (SSSR count). The van der Waals surface area contributed by atoms with E-state index in [1.807, 2.05) is 0 Å². The van der Waals surface area contributed by atoms with Crippen LogP contribution in [0.5, 0.6) is 0 Å². The quantitative estimate of drug-likeness (QED) is 0.853. The number of halogens is 1. The summed E-state index contributed by atoms with van der Waals surface area (Å²) in [5, 5.41) is 9.57. The first-order chi connectivity index (χ1) is 7.66. The molecule has 7 heteroatoms. The molecule has 0 aliphatic rings. The van der Waals surface area contributed by atoms with Crippen LogP contribution in [-0.4, -0.2) is 26.0 Å². The number of aromatic nitrogens is 3. The van der Waals surface area contributed by atoms with Crippen LogP contribution < -0.4 is 0 Å². The van der Waals surface area contributed by atoms with Crippen LogP contribution in [0.25, 0.3) is 0 Å². The molecule has 2 heterocycles. The second-order valence-electron chi connectivity index (χ2n) is 2.81. The summed E-state index contributed by atoms with van der Waals surface area (Å²) in [4.78, 5) is 21.3. The van der Waals surface area contributed by atoms with Gasteiger partial charge < -0.3 is 10.1 Å². The molecule has 2 aromatic rings. The predicted molar refractivity (Wildman–Crippen MR) is 53.9 cm³/mol. The van der Waals surface area contributed by atoms with E-state index in [2.05, 4.69) is 15.0 Å². The topological polar surface area (TPSA) is 78.9 Å². The number of nitrogens with one attached hydrogen (secondary N) is 1. The average molecular weight is 239 g/mol. The number of carboxylic acid groups (broad SMARTS) is 1. The van der Waals surface area contributed by atoms with Crippen molar-refractivity contribution in [1.29, 1.82) is 0 Å². The van der Waals surface area contributed by atoms with Crippen LogP contribution in [0.2, 0.25) is 0 Å². The van der Waals surface area contributed by atoms with E-state index in [9.17, 15) is 9.18 Å². The van der Waals surface area contributed by atoms with Crippen molar-refractivity contribution < 1.29 is 14.3 Å². The summed E-state index contributed by atoms with van der Waals surface area (Å²) in [6.07, 6.45) is 4.11. The van der Waals surface area contributed by atoms with Crippen molar-refractivity contribution in [1.82, 2.24) is 15.0 Å². The number of aromatic amines is 1. The monoisotopic (exact) mass is 239 g/mol. The van der Waals surface area contributed by atoms with E-state index in [-0.39, 0.29) is 10.6 Å². The van der Waals surface area contributed by atoms with E-state index in [1.54, 1.807) is 6.20 Å². The summed E-state index contributed by atoms with van der Waals surface area (Å²) in [6, 6.07) is 0.931. The molecular weight excluding hydrogens is 233 g/mol. The minimum Gasteiger partial charge on any atom is -0.478 e. The van der Waals surface area contributed by atoms with Gasteiger partial charge in [-0.1, -0.05) is 0 Å². The third-order valence-electron chi connectivity index (χ3n) is 1.71. The zero-order valence-electron chi connectivity index (χ0n) is 7.85. The Hall–Kier alpha value is -1.89. The van der Waals surface area contributed by atoms with Gasteiger partial charge in [-0.2, -0.15) is 0 Å². The fourth-order valence-electron chi connectivity index (χ4n) is 1.06. The van der Waals surface area contributed by atoms with E-state index in [0.29, 0.717) is 5.16 Å². The fraction of sp³-hybridized carbons (Fsp3) is 0. The van der Waals surface area contributed by atoms with E-state index < -0.39 is 11.8 Å². The maximum absolute atomic E-state index is 12.8. The smallest absolute Gasteiger partial charge is 0.338 e. The average Bonchev–Trinajstić information content (AvgIpc) is 2.73. The van der Waals surface area contributed by atoms with Gasteiger partial charge in [-0.15, -0.1) is 0 Å². The van der Waals surface area contributed by atoms with Crippen molar-refractivity contribution in [2.75, 3.05) is 0 Å². The molecule has 0 aromatic carbocycles. The third-order valence-corrected chi connectivity index (χ3v) is 2.65. The lowest BCUT2D eigenvalue weighted by atomic mass is 10.3. The van der Waals surface area contributed by atoms with Crippen molar-refractivity contribution >= 4 is 17.7 Å². The van der Waals surface area contributed by atoms with Crippen LogP contribution in [-0.2, 0) is 0 Å². The van der Waals surface area contributed by atoms with Crippen LogP contribution in [0.15, 0.2) is 34.8 Å². The lowest BCUT2D eigenvalue weighted by Gasteiger charge is -2.02. The number of rotatable bonds is 3. The molecule has 0 radical (unpaired) electrons. The van der Waals surface area contributed by atoms with E-state index in [1.165, 1.54) is 6.20 Å². The zero-order valence-corrected chi connectivity index (χ0v) is 8.66. The largest absolute Gasteiger partial charge is 0.478 e. The number of pyridine rings is 1. The molecular formula is C9H6FN3O2S. The van der Waals surface area contributed by atoms with Crippen LogP contribution in [0.4, 0.5) is 4.39 Å². The molecule has 0 aliphatic heterocycles. The van der Waals surface area contributed by atoms with Crippen molar-refractivity contribution in [3.8, 4) is 0 Å². The second-order valence-corrected chi connectivity index (χ2v) is 3.79. The molecule has 0 fully saturated rings. The highest BCUT2D eigenvalue weighted by atomic mass is 32.2. The number of hydrogen-bond acceptors (Lipinski definition) is 4. The molecule has 0 aliphatic carbocycles. The molecule has 0 unspecified atom stereocenters. The summed E-state index contributed by atoms with van der Waals surface area (Å²) < 4.78 is 12.8. The molecule has 0 amide bonds. The standard InChI is InChI=1S/C9H6FN3O2S/c10-5-3-6(8(14)15)7(13-4-5)16-9-11-1-2-12-9/h1-4H,(H,11,12)(H,14,15). The van der Waals surface area contributed by atoms with Gasteiger partial charge in [0.25, 0.3) is 0 Å². The molecule has 16 heavy (non-hydrogen) atoms. The Balaban J connectivity index is 2.36. The molecule has 5 nitrogen and oxygen atoms in total. The SMILES string of the molecule is O=C(O)c1cc(F)cnc1Sc1ncc[nH]1. The number of carboxylic acids is 1. The predicted octanol–water partition coefficient (Wildman–Crippen LogP) is 1.79. The van der Waals surface area contributed by atoms with E-state index >= 15 is 0 Å². The Bertz CT molecular complexity index is 515. The Morgan fingerprint density at radius 2 is 2.31 bits per heavy atom. The van der Waals surface area contributed by atoms with Crippen molar-refractivity contribution in [2.24, 2.45) is 0 Å². The van der Waals surface area contributed by atoms with Crippen molar-refractivity contribution in [3.05, 3.63) is 36.0 Å². The highest BCUT2D eigenvalue weighted by molar-refractivity contribution is 7.99. The molecule has 0 spiro atoms. The van der Waals surface area contributed by atoms with Gasteiger partial charge in [0.05, 0.1) is 11.8 Å². The molecule has 2 aromatic heterocycles. The maximum Gasteiger partial charge on any atom is 0.338 e. The Morgan fingerprint density at radius 3 is 2.94 bits per heavy atom. The van der Waals surface area contributed by atoms with Gasteiger partial charge >= 0.3 is 5.97 Å². The van der Waals surface area contributed by atoms with Crippen LogP contribution in [0.1, 0.15) is 10.4 Å². The van der Waals surface area contributed by atoms with Gasteiger partial charge in [0.2, 0.25) is 0 Å². The molecule has 0 bridgehead atoms. The highest BCUT2D eigenvalue weighted by Crippen LogP contribution is 2.26. The highest BCUT2D eigenvalue weighted by Gasteiger charge is 2.14. The minimum absolute atomic E-state index is 0.179. The van der Waals surface area contributed by atoms with Gasteiger partial charge in [-0.3, -0.25) is 0 Å². The number of carbonyl (C=O) groups is 1. The molecule has 82 valence electrons. The maximum atomic E-state index is 12.8. The van der Waals surface area contributed by atoms with Crippen molar-refractivity contribution in [3.63, 3.8) is 0 Å². The summed E-state index contributed by atoms with van der Waals surface area (Å²) in [6.45, 7) is 0. The summed E-state index contributed by atoms with van der Waals surface area (Å²) >= 11 is 1.03. The summed E-state index contributed by atoms with van der Waals surface area (Å²) in [7, 11) is 0. The summed E-state index contributed by atoms with van der Waals surface area (Å²) in [5.74, 6) is -1.90. The third kappa shape index (κ3) is 2.19. The van der Waals surface area contributed by atoms with Crippen LogP contribution >= 0.6 is 11.8 Å². The molecule has 0 saturated heterocycles. The van der Waals surface area contributed by atoms with E-state index in [4.69, 9.17) is 5.11 Å². The lowest BCUT2D eigenvalue weighted by molar-refractivity contribution is 0.0691. The minimum atomic E-state index is -1.22. The Kier molecular flexibility index (Phi) is 2.86. The lowest BCUT2D eigenvalue weighted by Crippen LogP contribution is -2.01. The molecule has 2 N–H and O–H groups in total. The molecule has 0 atom stereocenters. The van der Waals surface area contributed by atoms with Crippen LogP contribution in [0.3, 0.4) is 0 Å². The number of hydrogen-bond donors (Lipinski definition) is 2. The number of nitrogens with zero attached hydrogens (tertiary/aromatic N) is 2. The molecule has 0 saturated carbocycles. The van der Waals surface area contributed by atoms with E-state index in [0.717, 1.165) is 24.0 Å². The number of aromatic carboxylic acids is 1. The van der Waals surface area contributed by atoms with Gasteiger partial charge in [0.1, 0.15) is 10.8 Å². The normalized spacial score (nSPS) is 10.3. The first kappa shape index (κ1) is 10.6. The first-order valence-corrected chi connectivity index (χ1v) is 5.04. The van der Waals surface area contributed by atoms with Crippen molar-refractivity contribution in [2.45, 2.75) is 10.2 Å². The van der Waals surface area contributed by atoms with Gasteiger partial charge in [0, 0.05) is 12.4 Å². The summed E-state index contributed by atoms with van der Waals surface area (Å²) in [5.41, 5.74) is -0.179. The van der Waals surface area contributed by atoms with Gasteiger partial charge in [-0.25, -0.2) is 19.2 Å². The zero-order chi connectivity index (χ0) is 11.5. The first-order valence-electron chi connectivity index (χ1n) is 4.23.